The van der Waals surface area contributed by atoms with Gasteiger partial charge in [-0.1, -0.05) is 13.8 Å². The summed E-state index contributed by atoms with van der Waals surface area (Å²) in [5.41, 5.74) is 16.0. The van der Waals surface area contributed by atoms with Gasteiger partial charge in [-0.25, -0.2) is 4.79 Å². The van der Waals surface area contributed by atoms with Crippen molar-refractivity contribution in [3.05, 3.63) is 0 Å². The van der Waals surface area contributed by atoms with Crippen LogP contribution in [0.2, 0.25) is 0 Å². The maximum atomic E-state index is 13.0. The van der Waals surface area contributed by atoms with Crippen molar-refractivity contribution >= 4 is 47.3 Å². The smallest absolute Gasteiger partial charge is 0.326 e. The van der Waals surface area contributed by atoms with Crippen molar-refractivity contribution in [3.8, 4) is 0 Å². The molecule has 0 aliphatic heterocycles. The van der Waals surface area contributed by atoms with Gasteiger partial charge in [-0.15, -0.1) is 0 Å². The maximum absolute atomic E-state index is 13.0. The summed E-state index contributed by atoms with van der Waals surface area (Å²) in [5.74, 6) is -4.28. The lowest BCUT2D eigenvalue weighted by Crippen LogP contribution is -2.57. The van der Waals surface area contributed by atoms with Gasteiger partial charge in [0.2, 0.25) is 29.5 Å². The Morgan fingerprint density at radius 2 is 1.23 bits per heavy atom. The Morgan fingerprint density at radius 1 is 0.771 bits per heavy atom. The minimum atomic E-state index is -1.26. The molecule has 0 saturated carbocycles. The summed E-state index contributed by atoms with van der Waals surface area (Å²) in [7, 11) is 0. The van der Waals surface area contributed by atoms with E-state index in [4.69, 9.17) is 17.2 Å². The van der Waals surface area contributed by atoms with Gasteiger partial charge in [0.25, 0.3) is 0 Å². The van der Waals surface area contributed by atoms with Crippen molar-refractivity contribution < 1.29 is 33.9 Å². The fraction of sp³-hybridized carbons (Fsp3) is 0.714. The summed E-state index contributed by atoms with van der Waals surface area (Å²) in [5, 5.41) is 16.8. The number of hydrogen-bond donors (Lipinski definition) is 7. The molecule has 5 amide bonds. The topological polar surface area (TPSA) is 237 Å². The molecule has 10 N–H and O–H groups in total. The number of aliphatic carboxylic acids is 1. The Morgan fingerprint density at radius 3 is 1.69 bits per heavy atom. The van der Waals surface area contributed by atoms with Gasteiger partial charge in [0, 0.05) is 12.8 Å². The third kappa shape index (κ3) is 14.2. The van der Waals surface area contributed by atoms with Crippen LogP contribution >= 0.6 is 11.8 Å². The SMILES string of the molecule is CSCCC(NC(=O)C(N)CCC(N)=O)C(=O)NC(CCC(N)=O)C(=O)NC(CC(C)C)C(=O)O. The third-order valence-corrected chi connectivity index (χ3v) is 5.56. The zero-order valence-electron chi connectivity index (χ0n) is 20.4. The van der Waals surface area contributed by atoms with Crippen molar-refractivity contribution in [3.63, 3.8) is 0 Å². The first kappa shape index (κ1) is 32.1. The average molecular weight is 519 g/mol. The molecule has 0 aromatic carbocycles. The van der Waals surface area contributed by atoms with Crippen LogP contribution in [0.25, 0.3) is 0 Å². The number of hydrogen-bond acceptors (Lipinski definition) is 8. The predicted octanol–water partition coefficient (Wildman–Crippen LogP) is -1.82. The number of carboxylic acid groups (broad SMARTS) is 1. The number of carbonyl (C=O) groups excluding carboxylic acids is 5. The number of amides is 5. The van der Waals surface area contributed by atoms with Crippen molar-refractivity contribution in [2.24, 2.45) is 23.1 Å². The Hall–Kier alpha value is -2.87. The highest BCUT2D eigenvalue weighted by molar-refractivity contribution is 7.98. The molecule has 0 aliphatic rings. The minimum absolute atomic E-state index is 0.00585. The number of nitrogens with one attached hydrogen (secondary N) is 3. The van der Waals surface area contributed by atoms with Gasteiger partial charge in [-0.2, -0.15) is 11.8 Å². The zero-order chi connectivity index (χ0) is 27.1. The molecule has 13 nitrogen and oxygen atoms in total. The molecular weight excluding hydrogens is 480 g/mol. The molecule has 35 heavy (non-hydrogen) atoms. The lowest BCUT2D eigenvalue weighted by molar-refractivity contribution is -0.143. The van der Waals surface area contributed by atoms with Gasteiger partial charge in [0.15, 0.2) is 0 Å². The van der Waals surface area contributed by atoms with Gasteiger partial charge in [0.1, 0.15) is 18.1 Å². The van der Waals surface area contributed by atoms with Gasteiger partial charge in [-0.3, -0.25) is 24.0 Å². The van der Waals surface area contributed by atoms with Crippen molar-refractivity contribution in [2.75, 3.05) is 12.0 Å². The highest BCUT2D eigenvalue weighted by Crippen LogP contribution is 2.08. The van der Waals surface area contributed by atoms with Crippen molar-refractivity contribution in [1.82, 2.24) is 16.0 Å². The number of primary amides is 2. The molecule has 0 bridgehead atoms. The molecule has 0 aliphatic carbocycles. The van der Waals surface area contributed by atoms with E-state index in [9.17, 15) is 33.9 Å². The third-order valence-electron chi connectivity index (χ3n) is 4.92. The standard InChI is InChI=1S/C21H38N6O7S/c1-11(2)10-15(21(33)34)27-19(31)13(5-7-17(24)29)26-20(32)14(8-9-35-3)25-18(30)12(22)4-6-16(23)28/h11-15H,4-10,22H2,1-3H3,(H2,23,28)(H2,24,29)(H,25,30)(H,26,32)(H,27,31)(H,33,34). The molecule has 4 unspecified atom stereocenters. The second kappa shape index (κ2) is 16.7. The van der Waals surface area contributed by atoms with E-state index in [1.165, 1.54) is 11.8 Å². The van der Waals surface area contributed by atoms with Crippen molar-refractivity contribution in [1.29, 1.82) is 0 Å². The normalized spacial score (nSPS) is 14.3. The number of thioether (sulfide) groups is 1. The van der Waals surface area contributed by atoms with E-state index in [1.807, 2.05) is 0 Å². The van der Waals surface area contributed by atoms with Crippen LogP contribution in [0.3, 0.4) is 0 Å². The molecule has 0 saturated heterocycles. The first-order valence-corrected chi connectivity index (χ1v) is 12.6. The van der Waals surface area contributed by atoms with E-state index in [-0.39, 0.29) is 44.4 Å². The molecule has 0 rings (SSSR count). The van der Waals surface area contributed by atoms with Crippen LogP contribution in [0.1, 0.15) is 52.4 Å². The fourth-order valence-electron chi connectivity index (χ4n) is 3.01. The van der Waals surface area contributed by atoms with Gasteiger partial charge in [-0.05, 0) is 43.6 Å². The summed E-state index contributed by atoms with van der Waals surface area (Å²) in [6.07, 6.45) is 1.66. The van der Waals surface area contributed by atoms with Gasteiger partial charge < -0.3 is 38.3 Å². The van der Waals surface area contributed by atoms with Crippen LogP contribution in [0.5, 0.6) is 0 Å². The van der Waals surface area contributed by atoms with Crippen LogP contribution in [-0.2, 0) is 28.8 Å². The summed E-state index contributed by atoms with van der Waals surface area (Å²) < 4.78 is 0. The van der Waals surface area contributed by atoms with Crippen LogP contribution in [-0.4, -0.2) is 76.8 Å². The van der Waals surface area contributed by atoms with Gasteiger partial charge in [0.05, 0.1) is 6.04 Å². The number of rotatable bonds is 18. The maximum Gasteiger partial charge on any atom is 0.326 e. The molecular formula is C21H38N6O7S. The largest absolute Gasteiger partial charge is 0.480 e. The van der Waals surface area contributed by atoms with Crippen LogP contribution in [0.4, 0.5) is 0 Å². The van der Waals surface area contributed by atoms with E-state index in [1.54, 1.807) is 20.1 Å². The number of carboxylic acids is 1. The zero-order valence-corrected chi connectivity index (χ0v) is 21.2. The highest BCUT2D eigenvalue weighted by Gasteiger charge is 2.30. The van der Waals surface area contributed by atoms with Crippen LogP contribution in [0, 0.1) is 5.92 Å². The molecule has 0 heterocycles. The van der Waals surface area contributed by atoms with Gasteiger partial charge >= 0.3 is 5.97 Å². The first-order valence-electron chi connectivity index (χ1n) is 11.2. The molecule has 200 valence electrons. The van der Waals surface area contributed by atoms with Crippen molar-refractivity contribution in [2.45, 2.75) is 76.5 Å². The molecule has 0 aromatic rings. The van der Waals surface area contributed by atoms with E-state index in [0.29, 0.717) is 5.75 Å². The van der Waals surface area contributed by atoms with Crippen LogP contribution in [0.15, 0.2) is 0 Å². The Balaban J connectivity index is 5.51. The molecule has 0 fully saturated rings. The summed E-state index contributed by atoms with van der Waals surface area (Å²) >= 11 is 1.42. The predicted molar refractivity (Wildman–Crippen MR) is 131 cm³/mol. The Labute approximate surface area is 209 Å². The summed E-state index contributed by atoms with van der Waals surface area (Å²) in [4.78, 5) is 71.9. The number of carbonyl (C=O) groups is 6. The van der Waals surface area contributed by atoms with E-state index in [2.05, 4.69) is 16.0 Å². The lowest BCUT2D eigenvalue weighted by Gasteiger charge is -2.25. The molecule has 4 atom stereocenters. The quantitative estimate of drug-likeness (QED) is 0.108. The van der Waals surface area contributed by atoms with Crippen LogP contribution < -0.4 is 33.2 Å². The Bertz CT molecular complexity index is 764. The molecule has 0 radical (unpaired) electrons. The number of nitrogens with two attached hydrogens (primary N) is 3. The molecule has 0 spiro atoms. The summed E-state index contributed by atoms with van der Waals surface area (Å²) in [6, 6.07) is -4.59. The minimum Gasteiger partial charge on any atom is -0.480 e. The van der Waals surface area contributed by atoms with E-state index >= 15 is 0 Å². The first-order chi connectivity index (χ1) is 16.3. The molecule has 14 heteroatoms. The van der Waals surface area contributed by atoms with E-state index in [0.717, 1.165) is 0 Å². The van der Waals surface area contributed by atoms with E-state index < -0.39 is 59.7 Å². The summed E-state index contributed by atoms with van der Waals surface area (Å²) in [6.45, 7) is 3.59. The fourth-order valence-corrected chi connectivity index (χ4v) is 3.48. The Kier molecular flexibility index (Phi) is 15.3. The second-order valence-corrected chi connectivity index (χ2v) is 9.53. The highest BCUT2D eigenvalue weighted by atomic mass is 32.2. The monoisotopic (exact) mass is 518 g/mol. The second-order valence-electron chi connectivity index (χ2n) is 8.55. The average Bonchev–Trinajstić information content (AvgIpc) is 2.76. The lowest BCUT2D eigenvalue weighted by atomic mass is 10.0. The molecule has 0 aromatic heterocycles.